The molecular formula is C44H56O16. The zero-order valence-electron chi connectivity index (χ0n) is 35.7. The van der Waals surface area contributed by atoms with E-state index in [2.05, 4.69) is 75.0 Å². The molecule has 0 atom stereocenters. The Labute approximate surface area is 352 Å². The van der Waals surface area contributed by atoms with Crippen LogP contribution < -0.4 is 0 Å². The molecule has 2 rings (SSSR count). The van der Waals surface area contributed by atoms with Crippen molar-refractivity contribution in [3.63, 3.8) is 0 Å². The van der Waals surface area contributed by atoms with Gasteiger partial charge in [-0.3, -0.25) is 19.2 Å². The van der Waals surface area contributed by atoms with Crippen LogP contribution in [-0.4, -0.2) is 103 Å². The van der Waals surface area contributed by atoms with Crippen molar-refractivity contribution in [2.24, 2.45) is 0 Å². The first-order chi connectivity index (χ1) is 28.7. The topological polar surface area (TPSA) is 210 Å². The first kappa shape index (κ1) is 59.6. The van der Waals surface area contributed by atoms with E-state index in [0.29, 0.717) is 13.2 Å². The third kappa shape index (κ3) is 45.3. The molecule has 16 heteroatoms. The van der Waals surface area contributed by atoms with Crippen molar-refractivity contribution in [3.05, 3.63) is 71.8 Å². The second-order valence-electron chi connectivity index (χ2n) is 10.0. The molecule has 0 fully saturated rings. The molecule has 0 aromatic heterocycles. The van der Waals surface area contributed by atoms with Gasteiger partial charge in [0.05, 0.1) is 80.6 Å². The number of esters is 8. The lowest BCUT2D eigenvalue weighted by atomic mass is 10.2. The van der Waals surface area contributed by atoms with Crippen LogP contribution in [0.4, 0.5) is 0 Å². The summed E-state index contributed by atoms with van der Waals surface area (Å²) in [7, 11) is 4.90. The molecule has 0 radical (unpaired) electrons. The highest BCUT2D eigenvalue weighted by Gasteiger charge is 2.07. The fourth-order valence-electron chi connectivity index (χ4n) is 2.97. The number of ether oxygens (including phenoxy) is 8. The Kier molecular flexibility index (Phi) is 44.3. The van der Waals surface area contributed by atoms with E-state index in [1.165, 1.54) is 34.0 Å². The minimum atomic E-state index is -0.759. The molecule has 328 valence electrons. The van der Waals surface area contributed by atoms with Gasteiger partial charge < -0.3 is 37.9 Å². The number of methoxy groups -OCH3 is 4. The Hall–Kier alpha value is -7.12. The molecule has 2 aromatic carbocycles. The first-order valence-electron chi connectivity index (χ1n) is 18.2. The van der Waals surface area contributed by atoms with Crippen molar-refractivity contribution < 1.29 is 76.3 Å². The molecular weight excluding hydrogens is 784 g/mol. The molecule has 0 bridgehead atoms. The van der Waals surface area contributed by atoms with Crippen LogP contribution in [0.3, 0.4) is 0 Å². The summed E-state index contributed by atoms with van der Waals surface area (Å²) < 4.78 is 35.0. The largest absolute Gasteiger partial charge is 0.469 e. The Morgan fingerprint density at radius 3 is 1.00 bits per heavy atom. The molecule has 2 aromatic rings. The van der Waals surface area contributed by atoms with Gasteiger partial charge in [-0.25, -0.2) is 19.2 Å². The smallest absolute Gasteiger partial charge is 0.384 e. The van der Waals surface area contributed by atoms with E-state index in [-0.39, 0.29) is 50.8 Å². The highest BCUT2D eigenvalue weighted by atomic mass is 16.6. The van der Waals surface area contributed by atoms with Crippen molar-refractivity contribution in [3.8, 4) is 36.0 Å². The molecule has 0 saturated heterocycles. The van der Waals surface area contributed by atoms with E-state index < -0.39 is 35.8 Å². The molecule has 60 heavy (non-hydrogen) atoms. The highest BCUT2D eigenvalue weighted by molar-refractivity contribution is 5.98. The Balaban J connectivity index is -0.000000315. The van der Waals surface area contributed by atoms with Crippen LogP contribution in [-0.2, 0) is 82.7 Å². The molecule has 0 unspecified atom stereocenters. The van der Waals surface area contributed by atoms with E-state index in [0.717, 1.165) is 12.0 Å². The Morgan fingerprint density at radius 1 is 0.433 bits per heavy atom. The summed E-state index contributed by atoms with van der Waals surface area (Å²) in [5.74, 6) is 5.83. The van der Waals surface area contributed by atoms with Crippen LogP contribution in [0.5, 0.6) is 0 Å². The lowest BCUT2D eigenvalue weighted by Gasteiger charge is -2.01. The van der Waals surface area contributed by atoms with Crippen molar-refractivity contribution >= 4 is 47.8 Å². The zero-order chi connectivity index (χ0) is 46.4. The second-order valence-corrected chi connectivity index (χ2v) is 10.0. The molecule has 0 aliphatic rings. The van der Waals surface area contributed by atoms with Gasteiger partial charge in [0.1, 0.15) is 0 Å². The molecule has 16 nitrogen and oxygen atoms in total. The summed E-state index contributed by atoms with van der Waals surface area (Å²) in [4.78, 5) is 83.8. The van der Waals surface area contributed by atoms with Gasteiger partial charge in [-0.15, -0.1) is 6.42 Å². The van der Waals surface area contributed by atoms with Gasteiger partial charge in [0.2, 0.25) is 0 Å². The molecule has 0 heterocycles. The zero-order valence-corrected chi connectivity index (χ0v) is 35.7. The Morgan fingerprint density at radius 2 is 0.750 bits per heavy atom. The van der Waals surface area contributed by atoms with Gasteiger partial charge in [-0.1, -0.05) is 61.4 Å². The van der Waals surface area contributed by atoms with Crippen LogP contribution in [0.25, 0.3) is 0 Å². The van der Waals surface area contributed by atoms with Crippen LogP contribution in [0.2, 0.25) is 0 Å². The van der Waals surface area contributed by atoms with E-state index in [1.54, 1.807) is 27.7 Å². The summed E-state index contributed by atoms with van der Waals surface area (Å²) >= 11 is 0. The SMILES string of the molecule is C#Cc1ccccc1.CCOC(=O)C#CC(=O)OCC.CCOC(=O)CCC(=O)OCC.CCc1ccccc1.COC(=O)C#CC(=O)OC.COC(=O)CCC(=O)OC. The summed E-state index contributed by atoms with van der Waals surface area (Å²) in [5.41, 5.74) is 2.35. The average Bonchev–Trinajstić information content (AvgIpc) is 3.27. The third-order valence-electron chi connectivity index (χ3n) is 5.78. The number of hydrogen-bond donors (Lipinski definition) is 0. The maximum absolute atomic E-state index is 10.7. The molecule has 0 aliphatic carbocycles. The minimum Gasteiger partial charge on any atom is -0.469 e. The fraction of sp³-hybridized carbons (Fsp3) is 0.409. The number of terminal acetylenes is 1. The van der Waals surface area contributed by atoms with Gasteiger partial charge in [0.25, 0.3) is 0 Å². The third-order valence-corrected chi connectivity index (χ3v) is 5.78. The molecule has 0 saturated carbocycles. The number of hydrogen-bond acceptors (Lipinski definition) is 16. The number of carbonyl (C=O) groups is 8. The average molecular weight is 841 g/mol. The predicted molar refractivity (Wildman–Crippen MR) is 219 cm³/mol. The van der Waals surface area contributed by atoms with Crippen molar-refractivity contribution in [2.75, 3.05) is 54.9 Å². The number of rotatable bonds is 11. The van der Waals surface area contributed by atoms with Gasteiger partial charge >= 0.3 is 47.8 Å². The van der Waals surface area contributed by atoms with E-state index in [9.17, 15) is 38.4 Å². The summed E-state index contributed by atoms with van der Waals surface area (Å²) in [6.07, 6.45) is 6.62. The normalized spacial score (nSPS) is 8.27. The summed E-state index contributed by atoms with van der Waals surface area (Å²) in [5, 5.41) is 0. The minimum absolute atomic E-state index is 0.0865. The Bertz CT molecular complexity index is 1610. The molecule has 0 N–H and O–H groups in total. The van der Waals surface area contributed by atoms with Gasteiger partial charge in [-0.05, 0) is 51.8 Å². The van der Waals surface area contributed by atoms with Gasteiger partial charge in [-0.2, -0.15) is 0 Å². The molecule has 0 amide bonds. The standard InChI is InChI=1S/C8H14O4.C8H10O4.C8H10.C8H6.C6H10O4.C6H6O4/c2*1-3-11-7(9)5-6-8(10)12-4-2;2*1-2-8-6-4-3-5-7-8;2*1-9-5(7)3-4-6(8)10-2/h3-6H2,1-2H3;3-4H2,1-2H3;3-7H,2H2,1H3;1,3-7H;3-4H2,1-2H3;1-2H3. The van der Waals surface area contributed by atoms with Crippen LogP contribution in [0.1, 0.15) is 71.4 Å². The number of benzene rings is 2. The fourth-order valence-corrected chi connectivity index (χ4v) is 2.97. The number of aryl methyl sites for hydroxylation is 1. The van der Waals surface area contributed by atoms with Crippen molar-refractivity contribution in [2.45, 2.75) is 66.7 Å². The monoisotopic (exact) mass is 840 g/mol. The summed E-state index contributed by atoms with van der Waals surface area (Å²) in [6, 6.07) is 20.1. The van der Waals surface area contributed by atoms with Crippen molar-refractivity contribution in [1.29, 1.82) is 0 Å². The lowest BCUT2D eigenvalue weighted by Crippen LogP contribution is -2.09. The van der Waals surface area contributed by atoms with Gasteiger partial charge in [0, 0.05) is 29.2 Å². The quantitative estimate of drug-likeness (QED) is 0.133. The predicted octanol–water partition coefficient (Wildman–Crippen LogP) is 4.37. The maximum Gasteiger partial charge on any atom is 0.384 e. The van der Waals surface area contributed by atoms with Gasteiger partial charge in [0.15, 0.2) is 0 Å². The second kappa shape index (κ2) is 44.6. The maximum atomic E-state index is 10.7. The van der Waals surface area contributed by atoms with E-state index in [1.807, 2.05) is 60.1 Å². The number of carbonyl (C=O) groups excluding carboxylic acids is 8. The van der Waals surface area contributed by atoms with Crippen LogP contribution >= 0.6 is 0 Å². The van der Waals surface area contributed by atoms with E-state index in [4.69, 9.17) is 6.42 Å². The highest BCUT2D eigenvalue weighted by Crippen LogP contribution is 1.97. The van der Waals surface area contributed by atoms with Crippen LogP contribution in [0, 0.1) is 36.0 Å². The van der Waals surface area contributed by atoms with Crippen molar-refractivity contribution in [1.82, 2.24) is 0 Å². The van der Waals surface area contributed by atoms with E-state index >= 15 is 0 Å². The lowest BCUT2D eigenvalue weighted by molar-refractivity contribution is -0.149. The molecule has 0 aliphatic heterocycles. The summed E-state index contributed by atoms with van der Waals surface area (Å²) in [6.45, 7) is 10.1. The molecule has 0 spiro atoms. The van der Waals surface area contributed by atoms with Crippen LogP contribution in [0.15, 0.2) is 60.7 Å². The first-order valence-corrected chi connectivity index (χ1v) is 18.2.